The van der Waals surface area contributed by atoms with E-state index in [2.05, 4.69) is 15.8 Å². The summed E-state index contributed by atoms with van der Waals surface area (Å²) >= 11 is 0. The number of benzene rings is 1. The van der Waals surface area contributed by atoms with E-state index in [0.29, 0.717) is 11.4 Å². The van der Waals surface area contributed by atoms with Gasteiger partial charge in [-0.2, -0.15) is 10.4 Å². The van der Waals surface area contributed by atoms with Gasteiger partial charge in [-0.1, -0.05) is 12.1 Å². The summed E-state index contributed by atoms with van der Waals surface area (Å²) in [5, 5.41) is 14.8. The molecule has 0 saturated carbocycles. The van der Waals surface area contributed by atoms with Crippen molar-refractivity contribution < 1.29 is 9.59 Å². The number of anilines is 1. The molecule has 6 heteroatoms. The molecule has 0 bridgehead atoms. The lowest BCUT2D eigenvalue weighted by Gasteiger charge is -2.04. The van der Waals surface area contributed by atoms with Crippen LogP contribution in [0.2, 0.25) is 0 Å². The van der Waals surface area contributed by atoms with E-state index in [4.69, 9.17) is 5.26 Å². The number of nitrogens with one attached hydrogen (secondary N) is 2. The van der Waals surface area contributed by atoms with Gasteiger partial charge in [0.05, 0.1) is 18.2 Å². The van der Waals surface area contributed by atoms with Crippen molar-refractivity contribution in [3.8, 4) is 6.07 Å². The van der Waals surface area contributed by atoms with E-state index in [1.54, 1.807) is 30.3 Å². The number of amides is 2. The Hall–Kier alpha value is -2.68. The highest BCUT2D eigenvalue weighted by atomic mass is 16.2. The van der Waals surface area contributed by atoms with Crippen LogP contribution >= 0.6 is 0 Å². The first-order chi connectivity index (χ1) is 8.69. The van der Waals surface area contributed by atoms with E-state index in [9.17, 15) is 9.59 Å². The quantitative estimate of drug-likeness (QED) is 0.819. The number of hydrogen-bond donors (Lipinski definition) is 2. The van der Waals surface area contributed by atoms with Gasteiger partial charge in [0.15, 0.2) is 0 Å². The summed E-state index contributed by atoms with van der Waals surface area (Å²) in [7, 11) is 0. The predicted octanol–water partition coefficient (Wildman–Crippen LogP) is 0.763. The first-order valence-electron chi connectivity index (χ1n) is 5.31. The van der Waals surface area contributed by atoms with Crippen LogP contribution in [0.3, 0.4) is 0 Å². The van der Waals surface area contributed by atoms with Gasteiger partial charge in [-0.15, -0.1) is 0 Å². The maximum atomic E-state index is 11.2. The second-order valence-electron chi connectivity index (χ2n) is 3.73. The molecular weight excluding hydrogens is 232 g/mol. The first kappa shape index (κ1) is 11.8. The largest absolute Gasteiger partial charge is 0.325 e. The van der Waals surface area contributed by atoms with Gasteiger partial charge in [-0.25, -0.2) is 5.43 Å². The zero-order valence-corrected chi connectivity index (χ0v) is 9.43. The van der Waals surface area contributed by atoms with Crippen LogP contribution in [0.25, 0.3) is 0 Å². The van der Waals surface area contributed by atoms with Crippen molar-refractivity contribution in [2.24, 2.45) is 5.10 Å². The standard InChI is InChI=1S/C12H10N4O2/c13-6-5-11(17)14-9-3-1-8(2-4-9)10-7-12(18)16-15-10/h1-4H,5,7H2,(H,14,17)(H,16,18). The Balaban J connectivity index is 2.04. The van der Waals surface area contributed by atoms with Gasteiger partial charge in [0.1, 0.15) is 6.42 Å². The third-order valence-electron chi connectivity index (χ3n) is 2.39. The van der Waals surface area contributed by atoms with E-state index in [-0.39, 0.29) is 24.7 Å². The van der Waals surface area contributed by atoms with E-state index in [0.717, 1.165) is 5.56 Å². The number of nitriles is 1. The monoisotopic (exact) mass is 242 g/mol. The Bertz CT molecular complexity index is 554. The van der Waals surface area contributed by atoms with Crippen molar-refractivity contribution in [1.82, 2.24) is 5.43 Å². The molecule has 0 saturated heterocycles. The summed E-state index contributed by atoms with van der Waals surface area (Å²) in [4.78, 5) is 22.2. The zero-order valence-electron chi connectivity index (χ0n) is 9.43. The fraction of sp³-hybridized carbons (Fsp3) is 0.167. The molecule has 1 aliphatic heterocycles. The van der Waals surface area contributed by atoms with Crippen LogP contribution in [0.5, 0.6) is 0 Å². The Kier molecular flexibility index (Phi) is 3.34. The molecule has 18 heavy (non-hydrogen) atoms. The van der Waals surface area contributed by atoms with Crippen LogP contribution in [0, 0.1) is 11.3 Å². The van der Waals surface area contributed by atoms with Crippen LogP contribution in [0.15, 0.2) is 29.4 Å². The molecule has 0 fully saturated rings. The van der Waals surface area contributed by atoms with E-state index >= 15 is 0 Å². The number of hydrogen-bond acceptors (Lipinski definition) is 4. The van der Waals surface area contributed by atoms with Crippen molar-refractivity contribution in [2.75, 3.05) is 5.32 Å². The molecule has 2 amide bonds. The molecular formula is C12H10N4O2. The summed E-state index contributed by atoms with van der Waals surface area (Å²) < 4.78 is 0. The molecule has 2 rings (SSSR count). The minimum Gasteiger partial charge on any atom is -0.325 e. The van der Waals surface area contributed by atoms with Gasteiger partial charge < -0.3 is 5.32 Å². The van der Waals surface area contributed by atoms with Crippen molar-refractivity contribution in [3.63, 3.8) is 0 Å². The highest BCUT2D eigenvalue weighted by Gasteiger charge is 2.15. The first-order valence-corrected chi connectivity index (χ1v) is 5.31. The van der Waals surface area contributed by atoms with Crippen LogP contribution in [0.4, 0.5) is 5.69 Å². The Morgan fingerprint density at radius 2 is 2.17 bits per heavy atom. The third kappa shape index (κ3) is 2.71. The van der Waals surface area contributed by atoms with Crippen molar-refractivity contribution >= 4 is 23.2 Å². The number of nitrogens with zero attached hydrogens (tertiary/aromatic N) is 2. The molecule has 90 valence electrons. The van der Waals surface area contributed by atoms with Crippen molar-refractivity contribution in [1.29, 1.82) is 5.26 Å². The van der Waals surface area contributed by atoms with Gasteiger partial charge in [0, 0.05) is 5.69 Å². The fourth-order valence-electron chi connectivity index (χ4n) is 1.55. The lowest BCUT2D eigenvalue weighted by Crippen LogP contribution is -2.10. The average Bonchev–Trinajstić information content (AvgIpc) is 2.77. The van der Waals surface area contributed by atoms with Gasteiger partial charge >= 0.3 is 0 Å². The predicted molar refractivity (Wildman–Crippen MR) is 64.6 cm³/mol. The van der Waals surface area contributed by atoms with Crippen LogP contribution in [-0.4, -0.2) is 17.5 Å². The molecule has 1 aliphatic rings. The molecule has 0 spiro atoms. The van der Waals surface area contributed by atoms with Crippen molar-refractivity contribution in [3.05, 3.63) is 29.8 Å². The second-order valence-corrected chi connectivity index (χ2v) is 3.73. The molecule has 0 radical (unpaired) electrons. The Labute approximate surface area is 103 Å². The molecule has 1 aromatic rings. The normalized spacial score (nSPS) is 13.5. The Morgan fingerprint density at radius 1 is 1.44 bits per heavy atom. The molecule has 0 atom stereocenters. The highest BCUT2D eigenvalue weighted by Crippen LogP contribution is 2.13. The topological polar surface area (TPSA) is 94.3 Å². The number of rotatable bonds is 3. The molecule has 0 aromatic heterocycles. The molecule has 0 aliphatic carbocycles. The maximum absolute atomic E-state index is 11.2. The Morgan fingerprint density at radius 3 is 2.72 bits per heavy atom. The molecule has 0 unspecified atom stereocenters. The van der Waals surface area contributed by atoms with E-state index in [1.165, 1.54) is 0 Å². The highest BCUT2D eigenvalue weighted by molar-refractivity contribution is 6.13. The van der Waals surface area contributed by atoms with Gasteiger partial charge in [0.25, 0.3) is 0 Å². The van der Waals surface area contributed by atoms with Crippen LogP contribution in [-0.2, 0) is 9.59 Å². The molecule has 1 heterocycles. The molecule has 6 nitrogen and oxygen atoms in total. The smallest absolute Gasteiger partial charge is 0.246 e. The summed E-state index contributed by atoms with van der Waals surface area (Å²) in [5.41, 5.74) is 4.48. The minimum absolute atomic E-state index is 0.128. The van der Waals surface area contributed by atoms with Gasteiger partial charge in [-0.05, 0) is 17.7 Å². The van der Waals surface area contributed by atoms with Gasteiger partial charge in [0.2, 0.25) is 11.8 Å². The summed E-state index contributed by atoms with van der Waals surface area (Å²) in [5.74, 6) is -0.475. The summed E-state index contributed by atoms with van der Waals surface area (Å²) in [6, 6.07) is 8.71. The average molecular weight is 242 g/mol. The maximum Gasteiger partial charge on any atom is 0.246 e. The molecule has 1 aromatic carbocycles. The van der Waals surface area contributed by atoms with E-state index < -0.39 is 0 Å². The number of carbonyl (C=O) groups is 2. The minimum atomic E-state index is -0.347. The number of carbonyl (C=O) groups excluding carboxylic acids is 2. The van der Waals surface area contributed by atoms with Gasteiger partial charge in [-0.3, -0.25) is 9.59 Å². The second kappa shape index (κ2) is 5.10. The SMILES string of the molecule is N#CCC(=O)Nc1ccc(C2=NNC(=O)C2)cc1. The zero-order chi connectivity index (χ0) is 13.0. The van der Waals surface area contributed by atoms with Crippen molar-refractivity contribution in [2.45, 2.75) is 12.8 Å². The lowest BCUT2D eigenvalue weighted by atomic mass is 10.1. The van der Waals surface area contributed by atoms with Crippen LogP contribution in [0.1, 0.15) is 18.4 Å². The summed E-state index contributed by atoms with van der Waals surface area (Å²) in [6.07, 6.45) is 0.0903. The van der Waals surface area contributed by atoms with Crippen LogP contribution < -0.4 is 10.7 Å². The fourth-order valence-corrected chi connectivity index (χ4v) is 1.55. The summed E-state index contributed by atoms with van der Waals surface area (Å²) in [6.45, 7) is 0. The molecule has 2 N–H and O–H groups in total. The lowest BCUT2D eigenvalue weighted by molar-refractivity contribution is -0.119. The van der Waals surface area contributed by atoms with E-state index in [1.807, 2.05) is 0 Å². The third-order valence-corrected chi connectivity index (χ3v) is 2.39. The number of hydrazone groups is 1.